The van der Waals surface area contributed by atoms with Crippen molar-refractivity contribution in [2.45, 2.75) is 32.7 Å². The summed E-state index contributed by atoms with van der Waals surface area (Å²) in [5.74, 6) is -0.604. The highest BCUT2D eigenvalue weighted by Gasteiger charge is 2.47. The van der Waals surface area contributed by atoms with Crippen molar-refractivity contribution in [2.24, 2.45) is 0 Å². The van der Waals surface area contributed by atoms with Gasteiger partial charge in [-0.2, -0.15) is 0 Å². The molecular weight excluding hydrogens is 510 g/mol. The van der Waals surface area contributed by atoms with Crippen LogP contribution in [-0.2, 0) is 9.59 Å². The first-order chi connectivity index (χ1) is 18.8. The van der Waals surface area contributed by atoms with E-state index in [1.807, 2.05) is 60.8 Å². The van der Waals surface area contributed by atoms with E-state index >= 15 is 0 Å². The third-order valence-corrected chi connectivity index (χ3v) is 8.38. The Hall–Kier alpha value is -3.62. The monoisotopic (exact) mass is 545 g/mol. The van der Waals surface area contributed by atoms with Crippen LogP contribution in [0.3, 0.4) is 0 Å². The van der Waals surface area contributed by atoms with E-state index in [4.69, 9.17) is 4.74 Å². The van der Waals surface area contributed by atoms with Gasteiger partial charge in [0, 0.05) is 48.0 Å². The smallest absolute Gasteiger partial charge is 0.300 e. The van der Waals surface area contributed by atoms with Gasteiger partial charge < -0.3 is 19.6 Å². The minimum absolute atomic E-state index is 0.101. The molecule has 0 saturated carbocycles. The van der Waals surface area contributed by atoms with Crippen LogP contribution in [0.2, 0.25) is 0 Å². The lowest BCUT2D eigenvalue weighted by molar-refractivity contribution is -0.132. The molecule has 1 N–H and O–H groups in total. The fourth-order valence-electron chi connectivity index (χ4n) is 5.29. The number of carbonyl (C=O) groups excluding carboxylic acids is 2. The van der Waals surface area contributed by atoms with E-state index in [2.05, 4.69) is 30.7 Å². The third kappa shape index (κ3) is 5.18. The second-order valence-corrected chi connectivity index (χ2v) is 11.3. The van der Waals surface area contributed by atoms with Crippen molar-refractivity contribution in [3.63, 3.8) is 0 Å². The van der Waals surface area contributed by atoms with Gasteiger partial charge in [0.25, 0.3) is 11.7 Å². The number of thiophene rings is 1. The Morgan fingerprint density at radius 1 is 1.03 bits per heavy atom. The van der Waals surface area contributed by atoms with Crippen LogP contribution in [-0.4, -0.2) is 61.5 Å². The summed E-state index contributed by atoms with van der Waals surface area (Å²) in [6.45, 7) is 10.4. The van der Waals surface area contributed by atoms with Gasteiger partial charge in [-0.1, -0.05) is 19.9 Å². The van der Waals surface area contributed by atoms with E-state index in [-0.39, 0.29) is 17.3 Å². The Balaban J connectivity index is 1.55. The van der Waals surface area contributed by atoms with Crippen LogP contribution >= 0.6 is 11.3 Å². The zero-order valence-corrected chi connectivity index (χ0v) is 23.7. The molecule has 2 fully saturated rings. The van der Waals surface area contributed by atoms with Crippen molar-refractivity contribution in [3.8, 4) is 5.75 Å². The molecule has 204 valence electrons. The number of hydrogen-bond acceptors (Lipinski definition) is 7. The first-order valence-corrected chi connectivity index (χ1v) is 14.3. The normalized spacial score (nSPS) is 19.8. The fourth-order valence-corrected chi connectivity index (χ4v) is 6.12. The number of anilines is 2. The predicted octanol–water partition coefficient (Wildman–Crippen LogP) is 5.65. The number of amides is 1. The number of ketones is 1. The first-order valence-electron chi connectivity index (χ1n) is 13.4. The number of rotatable bonds is 7. The number of carbonyl (C=O) groups is 2. The average molecular weight is 546 g/mol. The Morgan fingerprint density at radius 2 is 1.72 bits per heavy atom. The van der Waals surface area contributed by atoms with E-state index in [1.165, 1.54) is 16.2 Å². The van der Waals surface area contributed by atoms with E-state index in [9.17, 15) is 14.7 Å². The van der Waals surface area contributed by atoms with E-state index in [1.54, 1.807) is 6.07 Å². The van der Waals surface area contributed by atoms with Crippen LogP contribution in [0.15, 0.2) is 65.6 Å². The van der Waals surface area contributed by atoms with Gasteiger partial charge in [0.15, 0.2) is 0 Å². The molecule has 0 aliphatic carbocycles. The van der Waals surface area contributed by atoms with Gasteiger partial charge in [0.2, 0.25) is 0 Å². The molecule has 3 heterocycles. The molecule has 2 saturated heterocycles. The number of Topliss-reactive ketones (excluding diaryl/α,β-unsaturated/α-hetero) is 1. The van der Waals surface area contributed by atoms with Crippen LogP contribution in [0, 0.1) is 0 Å². The SMILES string of the molecule is CCOc1ccc(/C(O)=C2/C(=O)C(=O)N(c3ccc(N4CCN(C)CC4)cc3)C2c2cccs2)cc1C(C)C. The quantitative estimate of drug-likeness (QED) is 0.235. The summed E-state index contributed by atoms with van der Waals surface area (Å²) in [5, 5.41) is 13.5. The molecule has 0 spiro atoms. The lowest BCUT2D eigenvalue weighted by Gasteiger charge is -2.34. The van der Waals surface area contributed by atoms with Crippen LogP contribution in [0.1, 0.15) is 48.7 Å². The fraction of sp³-hybridized carbons (Fsp3) is 0.355. The molecule has 0 radical (unpaired) electrons. The Morgan fingerprint density at radius 3 is 2.33 bits per heavy atom. The zero-order chi connectivity index (χ0) is 27.7. The number of ether oxygens (including phenoxy) is 1. The van der Waals surface area contributed by atoms with Crippen LogP contribution in [0.25, 0.3) is 5.76 Å². The molecule has 8 heteroatoms. The number of aliphatic hydroxyl groups is 1. The average Bonchev–Trinajstić information content (AvgIpc) is 3.56. The summed E-state index contributed by atoms with van der Waals surface area (Å²) in [5.41, 5.74) is 3.24. The largest absolute Gasteiger partial charge is 0.507 e. The molecular formula is C31H35N3O4S. The molecule has 1 unspecified atom stereocenters. The second-order valence-electron chi connectivity index (χ2n) is 10.3. The molecule has 1 atom stereocenters. The third-order valence-electron chi connectivity index (χ3n) is 7.46. The van der Waals surface area contributed by atoms with Crippen molar-refractivity contribution in [2.75, 3.05) is 49.6 Å². The molecule has 7 nitrogen and oxygen atoms in total. The highest BCUT2D eigenvalue weighted by atomic mass is 32.1. The van der Waals surface area contributed by atoms with Gasteiger partial charge in [-0.25, -0.2) is 0 Å². The summed E-state index contributed by atoms with van der Waals surface area (Å²) in [6.07, 6.45) is 0. The maximum absolute atomic E-state index is 13.5. The van der Waals surface area contributed by atoms with E-state index < -0.39 is 17.7 Å². The predicted molar refractivity (Wildman–Crippen MR) is 157 cm³/mol. The number of piperazine rings is 1. The summed E-state index contributed by atoms with van der Waals surface area (Å²) in [4.78, 5) is 34.0. The van der Waals surface area contributed by atoms with Crippen LogP contribution in [0.4, 0.5) is 11.4 Å². The molecule has 2 aliphatic rings. The van der Waals surface area contributed by atoms with E-state index in [0.29, 0.717) is 17.9 Å². The summed E-state index contributed by atoms with van der Waals surface area (Å²) in [6, 6.07) is 16.3. The Labute approximate surface area is 233 Å². The number of aliphatic hydroxyl groups excluding tert-OH is 1. The molecule has 5 rings (SSSR count). The van der Waals surface area contributed by atoms with Gasteiger partial charge in [-0.3, -0.25) is 14.5 Å². The maximum Gasteiger partial charge on any atom is 0.300 e. The highest BCUT2D eigenvalue weighted by molar-refractivity contribution is 7.10. The lowest BCUT2D eigenvalue weighted by atomic mass is 9.95. The van der Waals surface area contributed by atoms with Crippen molar-refractivity contribution in [1.29, 1.82) is 0 Å². The number of benzene rings is 2. The molecule has 2 aromatic carbocycles. The summed E-state index contributed by atoms with van der Waals surface area (Å²) >= 11 is 1.46. The second kappa shape index (κ2) is 11.2. The molecule has 39 heavy (non-hydrogen) atoms. The Bertz CT molecular complexity index is 1370. The van der Waals surface area contributed by atoms with Crippen LogP contribution in [0.5, 0.6) is 5.75 Å². The van der Waals surface area contributed by atoms with Crippen molar-refractivity contribution in [1.82, 2.24) is 4.90 Å². The highest BCUT2D eigenvalue weighted by Crippen LogP contribution is 2.44. The standard InChI is InChI=1S/C31H35N3O4S/c1-5-38-25-13-8-21(19-24(25)20(2)3)29(35)27-28(26-7-6-18-39-26)34(31(37)30(27)36)23-11-9-22(10-12-23)33-16-14-32(4)15-17-33/h6-13,18-20,28,35H,5,14-17H2,1-4H3/b29-27-. The summed E-state index contributed by atoms with van der Waals surface area (Å²) < 4.78 is 5.78. The first kappa shape index (κ1) is 27.0. The molecule has 1 aromatic heterocycles. The molecule has 1 amide bonds. The minimum Gasteiger partial charge on any atom is -0.507 e. The number of likely N-dealkylation sites (N-methyl/N-ethyl adjacent to an activating group) is 1. The van der Waals surface area contributed by atoms with Gasteiger partial charge in [0.1, 0.15) is 17.6 Å². The van der Waals surface area contributed by atoms with Crippen molar-refractivity contribution >= 4 is 40.2 Å². The van der Waals surface area contributed by atoms with Gasteiger partial charge in [-0.15, -0.1) is 11.3 Å². The molecule has 3 aromatic rings. The van der Waals surface area contributed by atoms with Crippen LogP contribution < -0.4 is 14.5 Å². The zero-order valence-electron chi connectivity index (χ0n) is 22.9. The molecule has 2 aliphatic heterocycles. The molecule has 0 bridgehead atoms. The van der Waals surface area contributed by atoms with Crippen molar-refractivity contribution < 1.29 is 19.4 Å². The minimum atomic E-state index is -0.714. The lowest BCUT2D eigenvalue weighted by Crippen LogP contribution is -2.44. The maximum atomic E-state index is 13.5. The van der Waals surface area contributed by atoms with Crippen molar-refractivity contribution in [3.05, 3.63) is 81.6 Å². The summed E-state index contributed by atoms with van der Waals surface area (Å²) in [7, 11) is 2.12. The topological polar surface area (TPSA) is 73.3 Å². The number of hydrogen-bond donors (Lipinski definition) is 1. The number of nitrogens with zero attached hydrogens (tertiary/aromatic N) is 3. The van der Waals surface area contributed by atoms with Gasteiger partial charge in [-0.05, 0) is 79.4 Å². The Kier molecular flexibility index (Phi) is 7.77. The van der Waals surface area contributed by atoms with Gasteiger partial charge >= 0.3 is 0 Å². The van der Waals surface area contributed by atoms with E-state index in [0.717, 1.165) is 48.1 Å². The van der Waals surface area contributed by atoms with Gasteiger partial charge in [0.05, 0.1) is 12.2 Å².